The van der Waals surface area contributed by atoms with E-state index in [1.165, 1.54) is 12.8 Å². The van der Waals surface area contributed by atoms with Crippen molar-refractivity contribution in [1.82, 2.24) is 24.6 Å². The molecule has 0 spiro atoms. The van der Waals surface area contributed by atoms with Crippen molar-refractivity contribution in [3.05, 3.63) is 11.6 Å². The smallest absolute Gasteiger partial charge is 0.146 e. The average molecular weight is 265 g/mol. The van der Waals surface area contributed by atoms with Crippen molar-refractivity contribution in [2.75, 3.05) is 39.3 Å². The van der Waals surface area contributed by atoms with Crippen molar-refractivity contribution >= 4 is 0 Å². The van der Waals surface area contributed by atoms with Crippen molar-refractivity contribution < 1.29 is 5.11 Å². The van der Waals surface area contributed by atoms with Crippen LogP contribution in [-0.4, -0.2) is 69.0 Å². The van der Waals surface area contributed by atoms with Gasteiger partial charge in [-0.25, -0.2) is 0 Å². The molecule has 3 rings (SSSR count). The van der Waals surface area contributed by atoms with E-state index >= 15 is 0 Å². The van der Waals surface area contributed by atoms with Crippen molar-refractivity contribution in [3.63, 3.8) is 0 Å². The lowest BCUT2D eigenvalue weighted by Crippen LogP contribution is -2.46. The van der Waals surface area contributed by atoms with Crippen LogP contribution in [-0.2, 0) is 13.6 Å². The number of hydrogen-bond donors (Lipinski definition) is 1. The van der Waals surface area contributed by atoms with E-state index in [9.17, 15) is 0 Å². The van der Waals surface area contributed by atoms with Crippen LogP contribution in [0, 0.1) is 0 Å². The molecule has 0 aromatic carbocycles. The van der Waals surface area contributed by atoms with Gasteiger partial charge in [-0.1, -0.05) is 0 Å². The van der Waals surface area contributed by atoms with Crippen molar-refractivity contribution in [1.29, 1.82) is 0 Å². The topological polar surface area (TPSA) is 57.4 Å². The maximum Gasteiger partial charge on any atom is 0.146 e. The van der Waals surface area contributed by atoms with Crippen LogP contribution in [0.5, 0.6) is 0 Å². The Bertz CT molecular complexity index is 421. The molecule has 0 unspecified atom stereocenters. The molecular formula is C13H23N5O. The molecule has 1 aliphatic heterocycles. The lowest BCUT2D eigenvalue weighted by molar-refractivity contribution is 0.106. The van der Waals surface area contributed by atoms with Crippen LogP contribution in [0.3, 0.4) is 0 Å². The van der Waals surface area contributed by atoms with Crippen LogP contribution in [0.2, 0.25) is 0 Å². The highest BCUT2D eigenvalue weighted by Crippen LogP contribution is 2.38. The highest BCUT2D eigenvalue weighted by Gasteiger charge is 2.29. The lowest BCUT2D eigenvalue weighted by atomic mass is 10.3. The quantitative estimate of drug-likeness (QED) is 0.799. The molecule has 1 N–H and O–H groups in total. The van der Waals surface area contributed by atoms with Crippen LogP contribution < -0.4 is 0 Å². The minimum absolute atomic E-state index is 0.258. The van der Waals surface area contributed by atoms with Crippen molar-refractivity contribution in [2.24, 2.45) is 7.05 Å². The molecule has 0 bridgehead atoms. The minimum atomic E-state index is 0.258. The summed E-state index contributed by atoms with van der Waals surface area (Å²) in [5.74, 6) is 2.90. The fourth-order valence-electron chi connectivity index (χ4n) is 2.72. The van der Waals surface area contributed by atoms with Gasteiger partial charge in [-0.15, -0.1) is 10.2 Å². The van der Waals surface area contributed by atoms with E-state index in [2.05, 4.69) is 31.6 Å². The third kappa shape index (κ3) is 2.96. The minimum Gasteiger partial charge on any atom is -0.395 e. The Kier molecular flexibility index (Phi) is 3.81. The second-order valence-electron chi connectivity index (χ2n) is 5.65. The molecule has 0 radical (unpaired) electrons. The Morgan fingerprint density at radius 3 is 2.42 bits per heavy atom. The molecule has 1 aromatic rings. The molecular weight excluding hydrogens is 242 g/mol. The van der Waals surface area contributed by atoms with Crippen molar-refractivity contribution in [2.45, 2.75) is 25.3 Å². The van der Waals surface area contributed by atoms with E-state index in [1.54, 1.807) is 0 Å². The van der Waals surface area contributed by atoms with E-state index in [-0.39, 0.29) is 6.61 Å². The lowest BCUT2D eigenvalue weighted by Gasteiger charge is -2.33. The zero-order valence-corrected chi connectivity index (χ0v) is 11.6. The molecule has 0 amide bonds. The molecule has 1 saturated heterocycles. The number of rotatable bonds is 5. The van der Waals surface area contributed by atoms with Crippen LogP contribution >= 0.6 is 0 Å². The predicted molar refractivity (Wildman–Crippen MR) is 71.8 cm³/mol. The summed E-state index contributed by atoms with van der Waals surface area (Å²) in [6.45, 7) is 6.11. The third-order valence-corrected chi connectivity index (χ3v) is 4.19. The van der Waals surface area contributed by atoms with E-state index in [0.29, 0.717) is 5.92 Å². The van der Waals surface area contributed by atoms with Gasteiger partial charge in [0.15, 0.2) is 0 Å². The number of piperazine rings is 1. The van der Waals surface area contributed by atoms with E-state index in [1.807, 2.05) is 0 Å². The fraction of sp³-hybridized carbons (Fsp3) is 0.846. The van der Waals surface area contributed by atoms with Gasteiger partial charge in [0.05, 0.1) is 13.2 Å². The summed E-state index contributed by atoms with van der Waals surface area (Å²) in [7, 11) is 2.09. The van der Waals surface area contributed by atoms with Crippen LogP contribution in [0.4, 0.5) is 0 Å². The number of aromatic nitrogens is 3. The maximum atomic E-state index is 8.94. The second-order valence-corrected chi connectivity index (χ2v) is 5.65. The molecule has 2 aliphatic rings. The summed E-state index contributed by atoms with van der Waals surface area (Å²) in [5.41, 5.74) is 0. The van der Waals surface area contributed by atoms with E-state index in [0.717, 1.165) is 50.9 Å². The Labute approximate surface area is 114 Å². The first-order chi connectivity index (χ1) is 9.28. The van der Waals surface area contributed by atoms with Gasteiger partial charge in [-0.3, -0.25) is 9.80 Å². The maximum absolute atomic E-state index is 8.94. The summed E-state index contributed by atoms with van der Waals surface area (Å²) in [6.07, 6.45) is 2.54. The first-order valence-corrected chi connectivity index (χ1v) is 7.21. The Morgan fingerprint density at radius 1 is 1.11 bits per heavy atom. The SMILES string of the molecule is Cn1c(CN2CCN(CCO)CC2)nnc1C1CC1. The summed E-state index contributed by atoms with van der Waals surface area (Å²) < 4.78 is 2.18. The van der Waals surface area contributed by atoms with Gasteiger partial charge in [0, 0.05) is 45.7 Å². The van der Waals surface area contributed by atoms with Crippen LogP contribution in [0.15, 0.2) is 0 Å². The van der Waals surface area contributed by atoms with Crippen LogP contribution in [0.1, 0.15) is 30.4 Å². The standard InChI is InChI=1S/C13H23N5O/c1-16-12(14-15-13(16)11-2-3-11)10-18-6-4-17(5-7-18)8-9-19/h11,19H,2-10H2,1H3. The fourth-order valence-corrected chi connectivity index (χ4v) is 2.72. The van der Waals surface area contributed by atoms with Gasteiger partial charge < -0.3 is 9.67 Å². The number of β-amino-alcohol motifs (C(OH)–C–C–N with tert-alkyl or cyclic N) is 1. The van der Waals surface area contributed by atoms with Gasteiger partial charge in [0.25, 0.3) is 0 Å². The average Bonchev–Trinajstić information content (AvgIpc) is 3.19. The van der Waals surface area contributed by atoms with Gasteiger partial charge >= 0.3 is 0 Å². The third-order valence-electron chi connectivity index (χ3n) is 4.19. The number of aliphatic hydroxyl groups is 1. The first kappa shape index (κ1) is 13.0. The zero-order valence-electron chi connectivity index (χ0n) is 11.6. The van der Waals surface area contributed by atoms with Crippen molar-refractivity contribution in [3.8, 4) is 0 Å². The predicted octanol–water partition coefficient (Wildman–Crippen LogP) is -0.198. The van der Waals surface area contributed by atoms with E-state index in [4.69, 9.17) is 5.11 Å². The Hall–Kier alpha value is -0.980. The first-order valence-electron chi connectivity index (χ1n) is 7.21. The number of nitrogens with zero attached hydrogens (tertiary/aromatic N) is 5. The molecule has 19 heavy (non-hydrogen) atoms. The highest BCUT2D eigenvalue weighted by molar-refractivity contribution is 5.07. The molecule has 1 saturated carbocycles. The summed E-state index contributed by atoms with van der Waals surface area (Å²) >= 11 is 0. The Balaban J connectivity index is 1.54. The summed E-state index contributed by atoms with van der Waals surface area (Å²) in [6, 6.07) is 0. The molecule has 2 heterocycles. The molecule has 2 fully saturated rings. The van der Waals surface area contributed by atoms with Gasteiger partial charge in [0.2, 0.25) is 0 Å². The number of aliphatic hydroxyl groups excluding tert-OH is 1. The molecule has 106 valence electrons. The van der Waals surface area contributed by atoms with Gasteiger partial charge in [0.1, 0.15) is 11.6 Å². The van der Waals surface area contributed by atoms with Crippen LogP contribution in [0.25, 0.3) is 0 Å². The summed E-state index contributed by atoms with van der Waals surface area (Å²) in [4.78, 5) is 4.73. The molecule has 1 aliphatic carbocycles. The zero-order chi connectivity index (χ0) is 13.2. The van der Waals surface area contributed by atoms with E-state index < -0.39 is 0 Å². The highest BCUT2D eigenvalue weighted by atomic mass is 16.3. The Morgan fingerprint density at radius 2 is 1.79 bits per heavy atom. The normalized spacial score (nSPS) is 22.0. The van der Waals surface area contributed by atoms with Gasteiger partial charge in [-0.05, 0) is 12.8 Å². The largest absolute Gasteiger partial charge is 0.395 e. The molecule has 6 heteroatoms. The molecule has 0 atom stereocenters. The monoisotopic (exact) mass is 265 g/mol. The molecule has 1 aromatic heterocycles. The number of hydrogen-bond acceptors (Lipinski definition) is 5. The second kappa shape index (κ2) is 5.56. The summed E-state index contributed by atoms with van der Waals surface area (Å²) in [5, 5.41) is 17.6. The molecule has 6 nitrogen and oxygen atoms in total. The van der Waals surface area contributed by atoms with Gasteiger partial charge in [-0.2, -0.15) is 0 Å².